The number of benzene rings is 2. The molecule has 0 radical (unpaired) electrons. The second kappa shape index (κ2) is 8.44. The van der Waals surface area contributed by atoms with E-state index in [1.165, 1.54) is 41.3 Å². The van der Waals surface area contributed by atoms with Crippen LogP contribution in [0.15, 0.2) is 46.9 Å². The summed E-state index contributed by atoms with van der Waals surface area (Å²) in [4.78, 5) is 14.5. The first-order valence-corrected chi connectivity index (χ1v) is 10.1. The molecule has 34 heavy (non-hydrogen) atoms. The van der Waals surface area contributed by atoms with Crippen LogP contribution in [0.4, 0.5) is 17.6 Å². The van der Waals surface area contributed by atoms with E-state index < -0.39 is 40.5 Å². The highest BCUT2D eigenvalue weighted by Crippen LogP contribution is 2.38. The minimum atomic E-state index is -4.74. The summed E-state index contributed by atoms with van der Waals surface area (Å²) in [6.45, 7) is 3.70. The zero-order valence-electron chi connectivity index (χ0n) is 18.1. The lowest BCUT2D eigenvalue weighted by atomic mass is 9.89. The van der Waals surface area contributed by atoms with E-state index >= 15 is 0 Å². The van der Waals surface area contributed by atoms with E-state index in [2.05, 4.69) is 10.2 Å². The van der Waals surface area contributed by atoms with E-state index in [9.17, 15) is 22.4 Å². The van der Waals surface area contributed by atoms with Crippen molar-refractivity contribution in [2.24, 2.45) is 5.41 Å². The maximum atomic E-state index is 13.3. The van der Waals surface area contributed by atoms with Crippen molar-refractivity contribution in [1.82, 2.24) is 15.1 Å². The van der Waals surface area contributed by atoms with Crippen molar-refractivity contribution in [3.8, 4) is 23.3 Å². The van der Waals surface area contributed by atoms with E-state index in [0.29, 0.717) is 5.56 Å². The molecule has 7 nitrogen and oxygen atoms in total. The number of rotatable bonds is 5. The van der Waals surface area contributed by atoms with Crippen molar-refractivity contribution >= 4 is 5.91 Å². The van der Waals surface area contributed by atoms with Gasteiger partial charge in [-0.3, -0.25) is 4.79 Å². The van der Waals surface area contributed by atoms with Crippen LogP contribution < -0.4 is 4.74 Å². The molecule has 1 unspecified atom stereocenters. The second-order valence-corrected chi connectivity index (χ2v) is 8.51. The van der Waals surface area contributed by atoms with Crippen molar-refractivity contribution in [3.05, 3.63) is 65.3 Å². The first kappa shape index (κ1) is 23.2. The molecule has 4 rings (SSSR count). The SMILES string of the molecule is CC1(C)CN(Cc2nnc(-c3ccc(F)cc3)o2)C(=O)C1Oc1ccc(C#N)c(C(F)(F)F)c1. The third-order valence-corrected chi connectivity index (χ3v) is 5.40. The van der Waals surface area contributed by atoms with Gasteiger partial charge in [0.15, 0.2) is 6.10 Å². The van der Waals surface area contributed by atoms with E-state index in [1.807, 2.05) is 0 Å². The molecule has 3 aromatic rings. The van der Waals surface area contributed by atoms with Crippen LogP contribution in [-0.2, 0) is 17.5 Å². The van der Waals surface area contributed by atoms with Gasteiger partial charge in [-0.25, -0.2) is 4.39 Å². The zero-order chi connectivity index (χ0) is 24.7. The van der Waals surface area contributed by atoms with Gasteiger partial charge in [0.05, 0.1) is 23.7 Å². The van der Waals surface area contributed by atoms with Crippen LogP contribution in [0.3, 0.4) is 0 Å². The molecule has 0 aliphatic carbocycles. The van der Waals surface area contributed by atoms with Gasteiger partial charge < -0.3 is 14.1 Å². The van der Waals surface area contributed by atoms with E-state index in [1.54, 1.807) is 13.8 Å². The molecule has 0 spiro atoms. The number of carbonyl (C=O) groups excluding carboxylic acids is 1. The van der Waals surface area contributed by atoms with Crippen molar-refractivity contribution in [2.75, 3.05) is 6.54 Å². The average molecular weight is 474 g/mol. The monoisotopic (exact) mass is 474 g/mol. The number of halogens is 4. The maximum Gasteiger partial charge on any atom is 0.417 e. The van der Waals surface area contributed by atoms with Gasteiger partial charge in [0.2, 0.25) is 11.8 Å². The molecule has 2 aromatic carbocycles. The Morgan fingerprint density at radius 1 is 1.21 bits per heavy atom. The van der Waals surface area contributed by atoms with E-state index in [4.69, 9.17) is 14.4 Å². The van der Waals surface area contributed by atoms with Crippen LogP contribution in [0.5, 0.6) is 5.75 Å². The average Bonchev–Trinajstić information content (AvgIpc) is 3.32. The summed E-state index contributed by atoms with van der Waals surface area (Å²) in [7, 11) is 0. The van der Waals surface area contributed by atoms with Gasteiger partial charge in [0.25, 0.3) is 5.91 Å². The van der Waals surface area contributed by atoms with Gasteiger partial charge in [0, 0.05) is 17.5 Å². The Bertz CT molecular complexity index is 1260. The van der Waals surface area contributed by atoms with E-state index in [-0.39, 0.29) is 30.6 Å². The smallest absolute Gasteiger partial charge is 0.417 e. The number of aromatic nitrogens is 2. The summed E-state index contributed by atoms with van der Waals surface area (Å²) in [6, 6.07) is 9.93. The molecule has 1 aromatic heterocycles. The lowest BCUT2D eigenvalue weighted by Gasteiger charge is -2.24. The van der Waals surface area contributed by atoms with Crippen molar-refractivity contribution < 1.29 is 31.5 Å². The molecule has 1 aliphatic heterocycles. The number of ether oxygens (including phenoxy) is 1. The van der Waals surface area contributed by atoms with Gasteiger partial charge in [-0.1, -0.05) is 13.8 Å². The highest BCUT2D eigenvalue weighted by molar-refractivity contribution is 5.84. The molecule has 1 amide bonds. The maximum absolute atomic E-state index is 13.3. The molecule has 1 saturated heterocycles. The third kappa shape index (κ3) is 4.57. The van der Waals surface area contributed by atoms with Crippen molar-refractivity contribution in [3.63, 3.8) is 0 Å². The van der Waals surface area contributed by atoms with Crippen LogP contribution in [0.2, 0.25) is 0 Å². The number of nitriles is 1. The van der Waals surface area contributed by atoms with Crippen LogP contribution in [0.1, 0.15) is 30.9 Å². The summed E-state index contributed by atoms with van der Waals surface area (Å²) in [5.41, 5.74) is -1.90. The number of likely N-dealkylation sites (tertiary alicyclic amines) is 1. The van der Waals surface area contributed by atoms with Crippen LogP contribution in [0.25, 0.3) is 11.5 Å². The van der Waals surface area contributed by atoms with Gasteiger partial charge in [0.1, 0.15) is 11.6 Å². The summed E-state index contributed by atoms with van der Waals surface area (Å²) in [5.74, 6) is -0.739. The molecule has 2 heterocycles. The molecule has 1 fully saturated rings. The first-order valence-electron chi connectivity index (χ1n) is 10.1. The molecule has 0 saturated carbocycles. The van der Waals surface area contributed by atoms with E-state index in [0.717, 1.165) is 12.1 Å². The molecule has 1 atom stereocenters. The van der Waals surface area contributed by atoms with Gasteiger partial charge >= 0.3 is 6.18 Å². The number of alkyl halides is 3. The molecular formula is C23H18F4N4O3. The molecule has 0 bridgehead atoms. The fourth-order valence-electron chi connectivity index (χ4n) is 3.75. The predicted octanol–water partition coefficient (Wildman–Crippen LogP) is 4.58. The van der Waals surface area contributed by atoms with Gasteiger partial charge in [-0.15, -0.1) is 10.2 Å². The Morgan fingerprint density at radius 3 is 2.56 bits per heavy atom. The van der Waals surface area contributed by atoms with Gasteiger partial charge in [-0.05, 0) is 42.5 Å². The van der Waals surface area contributed by atoms with Crippen molar-refractivity contribution in [2.45, 2.75) is 32.7 Å². The zero-order valence-corrected chi connectivity index (χ0v) is 18.1. The molecule has 11 heteroatoms. The Labute approximate surface area is 191 Å². The minimum Gasteiger partial charge on any atom is -0.480 e. The quantitative estimate of drug-likeness (QED) is 0.503. The van der Waals surface area contributed by atoms with Crippen LogP contribution >= 0.6 is 0 Å². The standard InChI is InChI=1S/C23H18F4N4O3/c1-22(2)12-31(11-18-29-30-20(34-18)13-3-6-15(24)7-4-13)21(32)19(22)33-16-8-5-14(10-28)17(9-16)23(25,26)27/h3-9,19H,11-12H2,1-2H3. The highest BCUT2D eigenvalue weighted by atomic mass is 19.4. The number of carbonyl (C=O) groups is 1. The predicted molar refractivity (Wildman–Crippen MR) is 109 cm³/mol. The van der Waals surface area contributed by atoms with Gasteiger partial charge in [-0.2, -0.15) is 18.4 Å². The molecule has 0 N–H and O–H groups in total. The fraction of sp³-hybridized carbons (Fsp3) is 0.304. The summed E-state index contributed by atoms with van der Waals surface area (Å²) in [6.07, 6.45) is -5.81. The molecule has 176 valence electrons. The van der Waals surface area contributed by atoms with Crippen LogP contribution in [-0.4, -0.2) is 33.7 Å². The number of hydrogen-bond donors (Lipinski definition) is 0. The lowest BCUT2D eigenvalue weighted by Crippen LogP contribution is -2.36. The third-order valence-electron chi connectivity index (χ3n) is 5.40. The molecular weight excluding hydrogens is 456 g/mol. The summed E-state index contributed by atoms with van der Waals surface area (Å²) < 4.78 is 64.2. The highest BCUT2D eigenvalue weighted by Gasteiger charge is 2.48. The summed E-state index contributed by atoms with van der Waals surface area (Å²) >= 11 is 0. The number of hydrogen-bond acceptors (Lipinski definition) is 6. The number of amides is 1. The minimum absolute atomic E-state index is 0.0303. The van der Waals surface area contributed by atoms with Crippen LogP contribution in [0, 0.1) is 22.6 Å². The van der Waals surface area contributed by atoms with Crippen molar-refractivity contribution in [1.29, 1.82) is 5.26 Å². The Hall–Kier alpha value is -3.94. The Morgan fingerprint density at radius 2 is 1.91 bits per heavy atom. The second-order valence-electron chi connectivity index (χ2n) is 8.51. The normalized spacial score (nSPS) is 17.6. The largest absolute Gasteiger partial charge is 0.480 e. The topological polar surface area (TPSA) is 92.2 Å². The Kier molecular flexibility index (Phi) is 5.77. The Balaban J connectivity index is 1.51. The lowest BCUT2D eigenvalue weighted by molar-refractivity contribution is -0.138. The molecule has 1 aliphatic rings. The fourth-order valence-corrected chi connectivity index (χ4v) is 3.75. The number of nitrogens with zero attached hydrogens (tertiary/aromatic N) is 4. The first-order chi connectivity index (χ1) is 16.0. The summed E-state index contributed by atoms with van der Waals surface area (Å²) in [5, 5.41) is 16.8.